The van der Waals surface area contributed by atoms with Crippen molar-refractivity contribution >= 4 is 17.4 Å². The molecule has 1 aromatic rings. The number of nitrogens with two attached hydrogens (primary N) is 1. The van der Waals surface area contributed by atoms with Crippen molar-refractivity contribution in [3.05, 3.63) is 29.8 Å². The molecule has 0 amide bonds. The Bertz CT molecular complexity index is 382. The molecule has 0 aromatic heterocycles. The third-order valence-corrected chi connectivity index (χ3v) is 3.28. The zero-order valence-electron chi connectivity index (χ0n) is 10.9. The van der Waals surface area contributed by atoms with Gasteiger partial charge in [0.05, 0.1) is 0 Å². The van der Waals surface area contributed by atoms with Crippen LogP contribution in [0.3, 0.4) is 0 Å². The molecule has 6 heteroatoms. The van der Waals surface area contributed by atoms with Crippen LogP contribution >= 0.6 is 11.8 Å². The lowest BCUT2D eigenvalue weighted by molar-refractivity contribution is -0.0328. The van der Waals surface area contributed by atoms with Crippen molar-refractivity contribution in [3.8, 4) is 0 Å². The van der Waals surface area contributed by atoms with E-state index in [4.69, 9.17) is 5.73 Å². The first-order valence-corrected chi connectivity index (χ1v) is 7.16. The van der Waals surface area contributed by atoms with Gasteiger partial charge in [0.1, 0.15) is 0 Å². The second kappa shape index (κ2) is 7.65. The average molecular weight is 292 g/mol. The predicted octanol–water partition coefficient (Wildman–Crippen LogP) is 3.73. The molecule has 0 aliphatic carbocycles. The minimum atomic E-state index is -4.14. The fraction of sp³-hybridized carbons (Fsp3) is 0.538. The van der Waals surface area contributed by atoms with Crippen molar-refractivity contribution in [2.75, 3.05) is 24.6 Å². The van der Waals surface area contributed by atoms with Crippen molar-refractivity contribution in [1.82, 2.24) is 4.90 Å². The molecular formula is C13H19F3N2S. The highest BCUT2D eigenvalue weighted by Crippen LogP contribution is 2.29. The van der Waals surface area contributed by atoms with E-state index in [1.165, 1.54) is 0 Å². The van der Waals surface area contributed by atoms with E-state index in [-0.39, 0.29) is 17.5 Å². The van der Waals surface area contributed by atoms with Crippen LogP contribution in [-0.4, -0.2) is 29.3 Å². The quantitative estimate of drug-likeness (QED) is 0.776. The van der Waals surface area contributed by atoms with E-state index >= 15 is 0 Å². The molecule has 1 aromatic carbocycles. The molecule has 0 saturated carbocycles. The van der Waals surface area contributed by atoms with E-state index < -0.39 is 5.51 Å². The van der Waals surface area contributed by atoms with Crippen LogP contribution in [0.5, 0.6) is 0 Å². The van der Waals surface area contributed by atoms with E-state index in [0.717, 1.165) is 18.5 Å². The average Bonchev–Trinajstić information content (AvgIpc) is 2.27. The van der Waals surface area contributed by atoms with Crippen LogP contribution in [0.2, 0.25) is 0 Å². The standard InChI is InChI=1S/C13H19F3N2S/c1-2-6-18(7-8-19-13(14,15)16)10-11-4-3-5-12(17)9-11/h3-5,9H,2,6-8,10,17H2,1H3. The first kappa shape index (κ1) is 16.2. The number of nitrogen functional groups attached to an aromatic ring is 1. The molecule has 0 spiro atoms. The molecule has 0 saturated heterocycles. The van der Waals surface area contributed by atoms with Crippen LogP contribution in [0.25, 0.3) is 0 Å². The van der Waals surface area contributed by atoms with Gasteiger partial charge in [-0.1, -0.05) is 19.1 Å². The fourth-order valence-corrected chi connectivity index (χ4v) is 2.41. The van der Waals surface area contributed by atoms with Gasteiger partial charge in [-0.25, -0.2) is 0 Å². The number of alkyl halides is 3. The molecule has 2 nitrogen and oxygen atoms in total. The molecule has 19 heavy (non-hydrogen) atoms. The number of halogens is 3. The molecular weight excluding hydrogens is 273 g/mol. The number of hydrogen-bond acceptors (Lipinski definition) is 3. The van der Waals surface area contributed by atoms with Gasteiger partial charge >= 0.3 is 5.51 Å². The highest BCUT2D eigenvalue weighted by atomic mass is 32.2. The zero-order chi connectivity index (χ0) is 14.3. The second-order valence-corrected chi connectivity index (χ2v) is 5.48. The Balaban J connectivity index is 2.48. The van der Waals surface area contributed by atoms with E-state index in [2.05, 4.69) is 0 Å². The van der Waals surface area contributed by atoms with Gasteiger partial charge in [0.25, 0.3) is 0 Å². The van der Waals surface area contributed by atoms with Gasteiger partial charge in [0.15, 0.2) is 0 Å². The normalized spacial score (nSPS) is 12.1. The van der Waals surface area contributed by atoms with E-state index in [1.807, 2.05) is 30.0 Å². The number of thioether (sulfide) groups is 1. The summed E-state index contributed by atoms with van der Waals surface area (Å²) in [5.74, 6) is 0.0613. The zero-order valence-corrected chi connectivity index (χ0v) is 11.7. The molecule has 0 aliphatic heterocycles. The van der Waals surface area contributed by atoms with Gasteiger partial charge in [0, 0.05) is 24.5 Å². The van der Waals surface area contributed by atoms with Crippen LogP contribution in [-0.2, 0) is 6.54 Å². The minimum absolute atomic E-state index is 0.0351. The summed E-state index contributed by atoms with van der Waals surface area (Å²) in [6.45, 7) is 3.86. The summed E-state index contributed by atoms with van der Waals surface area (Å²) in [4.78, 5) is 2.02. The molecule has 0 fully saturated rings. The largest absolute Gasteiger partial charge is 0.441 e. The summed E-state index contributed by atoms with van der Waals surface area (Å²) >= 11 is 0.0351. The van der Waals surface area contributed by atoms with Crippen molar-refractivity contribution < 1.29 is 13.2 Å². The number of nitrogens with zero attached hydrogens (tertiary/aromatic N) is 1. The molecule has 0 aliphatic rings. The van der Waals surface area contributed by atoms with Gasteiger partial charge in [-0.2, -0.15) is 13.2 Å². The van der Waals surface area contributed by atoms with Crippen molar-refractivity contribution in [3.63, 3.8) is 0 Å². The predicted molar refractivity (Wildman–Crippen MR) is 74.9 cm³/mol. The molecule has 0 unspecified atom stereocenters. The van der Waals surface area contributed by atoms with Crippen molar-refractivity contribution in [2.45, 2.75) is 25.4 Å². The first-order valence-electron chi connectivity index (χ1n) is 6.18. The smallest absolute Gasteiger partial charge is 0.399 e. The minimum Gasteiger partial charge on any atom is -0.399 e. The van der Waals surface area contributed by atoms with Crippen LogP contribution < -0.4 is 5.73 Å². The summed E-state index contributed by atoms with van der Waals surface area (Å²) in [6.07, 6.45) is 0.916. The Morgan fingerprint density at radius 2 is 2.00 bits per heavy atom. The van der Waals surface area contributed by atoms with Crippen LogP contribution in [0.15, 0.2) is 24.3 Å². The molecule has 0 atom stereocenters. The number of hydrogen-bond donors (Lipinski definition) is 1. The molecule has 2 N–H and O–H groups in total. The summed E-state index contributed by atoms with van der Waals surface area (Å²) in [5.41, 5.74) is 3.26. The monoisotopic (exact) mass is 292 g/mol. The number of anilines is 1. The molecule has 0 bridgehead atoms. The van der Waals surface area contributed by atoms with Crippen LogP contribution in [0.1, 0.15) is 18.9 Å². The summed E-state index contributed by atoms with van der Waals surface area (Å²) in [5, 5.41) is 0. The second-order valence-electron chi connectivity index (χ2n) is 4.32. The van der Waals surface area contributed by atoms with Gasteiger partial charge in [-0.05, 0) is 42.4 Å². The topological polar surface area (TPSA) is 29.3 Å². The molecule has 1 rings (SSSR count). The Labute approximate surface area is 116 Å². The van der Waals surface area contributed by atoms with Gasteiger partial charge < -0.3 is 5.73 Å². The maximum absolute atomic E-state index is 12.1. The molecule has 0 heterocycles. The van der Waals surface area contributed by atoms with E-state index in [0.29, 0.717) is 18.8 Å². The molecule has 0 radical (unpaired) electrons. The lowest BCUT2D eigenvalue weighted by Gasteiger charge is -2.22. The highest BCUT2D eigenvalue weighted by Gasteiger charge is 2.27. The Kier molecular flexibility index (Phi) is 6.51. The van der Waals surface area contributed by atoms with Gasteiger partial charge in [-0.15, -0.1) is 0 Å². The Morgan fingerprint density at radius 3 is 2.58 bits per heavy atom. The third-order valence-electron chi connectivity index (χ3n) is 2.57. The summed E-state index contributed by atoms with van der Waals surface area (Å²) in [6, 6.07) is 7.46. The SMILES string of the molecule is CCCN(CCSC(F)(F)F)Cc1cccc(N)c1. The van der Waals surface area contributed by atoms with E-state index in [1.54, 1.807) is 6.07 Å². The van der Waals surface area contributed by atoms with Crippen molar-refractivity contribution in [2.24, 2.45) is 0 Å². The maximum Gasteiger partial charge on any atom is 0.441 e. The van der Waals surface area contributed by atoms with Crippen LogP contribution in [0.4, 0.5) is 18.9 Å². The maximum atomic E-state index is 12.1. The number of benzene rings is 1. The Hall–Kier alpha value is -0.880. The lowest BCUT2D eigenvalue weighted by atomic mass is 10.2. The van der Waals surface area contributed by atoms with Gasteiger partial charge in [0.2, 0.25) is 0 Å². The number of rotatable bonds is 7. The first-order chi connectivity index (χ1) is 8.90. The van der Waals surface area contributed by atoms with Gasteiger partial charge in [-0.3, -0.25) is 4.90 Å². The Morgan fingerprint density at radius 1 is 1.26 bits per heavy atom. The highest BCUT2D eigenvalue weighted by molar-refractivity contribution is 8.00. The summed E-state index contributed by atoms with van der Waals surface area (Å²) < 4.78 is 36.3. The van der Waals surface area contributed by atoms with E-state index in [9.17, 15) is 13.2 Å². The van der Waals surface area contributed by atoms with Crippen LogP contribution in [0, 0.1) is 0 Å². The third kappa shape index (κ3) is 7.32. The summed E-state index contributed by atoms with van der Waals surface area (Å²) in [7, 11) is 0. The fourth-order valence-electron chi connectivity index (χ4n) is 1.83. The lowest BCUT2D eigenvalue weighted by Crippen LogP contribution is -2.27. The van der Waals surface area contributed by atoms with Crippen molar-refractivity contribution in [1.29, 1.82) is 0 Å². The molecule has 108 valence electrons.